The van der Waals surface area contributed by atoms with Crippen LogP contribution in [0.2, 0.25) is 0 Å². The third-order valence-corrected chi connectivity index (χ3v) is 2.79. The molecule has 2 aromatic rings. The van der Waals surface area contributed by atoms with Crippen molar-refractivity contribution in [3.05, 3.63) is 59.4 Å². The molecule has 0 amide bonds. The molecular formula is C14H14BFO3. The molecule has 98 valence electrons. The fourth-order valence-electron chi connectivity index (χ4n) is 1.74. The molecule has 0 aliphatic carbocycles. The van der Waals surface area contributed by atoms with Crippen molar-refractivity contribution in [1.82, 2.24) is 0 Å². The van der Waals surface area contributed by atoms with Crippen molar-refractivity contribution in [1.29, 1.82) is 0 Å². The second-order valence-corrected chi connectivity index (χ2v) is 4.30. The lowest BCUT2D eigenvalue weighted by molar-refractivity contribution is 0.305. The van der Waals surface area contributed by atoms with Crippen molar-refractivity contribution in [2.75, 3.05) is 0 Å². The Morgan fingerprint density at radius 3 is 2.42 bits per heavy atom. The molecular weight excluding hydrogens is 246 g/mol. The molecule has 0 saturated carbocycles. The first-order chi connectivity index (χ1) is 9.08. The Bertz CT molecular complexity index is 555. The minimum atomic E-state index is -1.89. The number of rotatable bonds is 4. The van der Waals surface area contributed by atoms with Crippen LogP contribution in [-0.4, -0.2) is 17.2 Å². The van der Waals surface area contributed by atoms with Gasteiger partial charge in [-0.1, -0.05) is 35.9 Å². The Balaban J connectivity index is 2.15. The van der Waals surface area contributed by atoms with Crippen LogP contribution in [0.4, 0.5) is 4.39 Å². The first kappa shape index (κ1) is 13.6. The Labute approximate surface area is 111 Å². The molecule has 0 aromatic heterocycles. The first-order valence-electron chi connectivity index (χ1n) is 5.91. The fourth-order valence-corrected chi connectivity index (χ4v) is 1.74. The van der Waals surface area contributed by atoms with Gasteiger partial charge in [0.15, 0.2) is 0 Å². The average Bonchev–Trinajstić information content (AvgIpc) is 2.37. The van der Waals surface area contributed by atoms with Crippen molar-refractivity contribution in [3.63, 3.8) is 0 Å². The summed E-state index contributed by atoms with van der Waals surface area (Å²) in [6.45, 7) is 2.22. The van der Waals surface area contributed by atoms with Crippen molar-refractivity contribution in [2.45, 2.75) is 13.5 Å². The smallest absolute Gasteiger partial charge is 0.489 e. The molecule has 5 heteroatoms. The number of halogens is 1. The summed E-state index contributed by atoms with van der Waals surface area (Å²) >= 11 is 0. The second-order valence-electron chi connectivity index (χ2n) is 4.30. The molecule has 0 aliphatic heterocycles. The Hall–Kier alpha value is -1.85. The first-order valence-corrected chi connectivity index (χ1v) is 5.91. The van der Waals surface area contributed by atoms with Gasteiger partial charge in [-0.05, 0) is 24.6 Å². The lowest BCUT2D eigenvalue weighted by Gasteiger charge is -2.12. The summed E-state index contributed by atoms with van der Waals surface area (Å²) in [5.41, 5.74) is 1.82. The van der Waals surface area contributed by atoms with E-state index in [0.29, 0.717) is 0 Å². The Morgan fingerprint density at radius 2 is 1.79 bits per heavy atom. The van der Waals surface area contributed by atoms with Crippen molar-refractivity contribution in [3.8, 4) is 5.75 Å². The maximum absolute atomic E-state index is 13.5. The highest BCUT2D eigenvalue weighted by Crippen LogP contribution is 2.13. The molecule has 0 atom stereocenters. The topological polar surface area (TPSA) is 49.7 Å². The lowest BCUT2D eigenvalue weighted by atomic mass is 9.79. The zero-order valence-electron chi connectivity index (χ0n) is 10.5. The van der Waals surface area contributed by atoms with Gasteiger partial charge in [0, 0.05) is 0 Å². The SMILES string of the molecule is Cc1ccc(COc2cccc(F)c2B(O)O)cc1. The summed E-state index contributed by atoms with van der Waals surface area (Å²) in [6, 6.07) is 11.8. The van der Waals surface area contributed by atoms with Crippen LogP contribution in [0.25, 0.3) is 0 Å². The maximum atomic E-state index is 13.5. The Morgan fingerprint density at radius 1 is 1.11 bits per heavy atom. The zero-order valence-corrected chi connectivity index (χ0v) is 10.5. The van der Waals surface area contributed by atoms with Gasteiger partial charge < -0.3 is 14.8 Å². The van der Waals surface area contributed by atoms with Crippen LogP contribution in [0.15, 0.2) is 42.5 Å². The lowest BCUT2D eigenvalue weighted by Crippen LogP contribution is -2.34. The molecule has 0 bridgehead atoms. The van der Waals surface area contributed by atoms with Crippen LogP contribution in [0.5, 0.6) is 5.75 Å². The van der Waals surface area contributed by atoms with E-state index in [1.165, 1.54) is 12.1 Å². The third kappa shape index (κ3) is 3.33. The van der Waals surface area contributed by atoms with Crippen molar-refractivity contribution < 1.29 is 19.2 Å². The number of benzene rings is 2. The molecule has 0 saturated heterocycles. The van der Waals surface area contributed by atoms with E-state index in [2.05, 4.69) is 0 Å². The van der Waals surface area contributed by atoms with Gasteiger partial charge >= 0.3 is 7.12 Å². The largest absolute Gasteiger partial charge is 0.495 e. The highest BCUT2D eigenvalue weighted by Gasteiger charge is 2.21. The van der Waals surface area contributed by atoms with E-state index in [-0.39, 0.29) is 17.8 Å². The zero-order chi connectivity index (χ0) is 13.8. The predicted octanol–water partition coefficient (Wildman–Crippen LogP) is 1.39. The maximum Gasteiger partial charge on any atom is 0.495 e. The van der Waals surface area contributed by atoms with E-state index in [4.69, 9.17) is 14.8 Å². The van der Waals surface area contributed by atoms with Crippen molar-refractivity contribution >= 4 is 12.6 Å². The summed E-state index contributed by atoms with van der Waals surface area (Å²) < 4.78 is 18.9. The number of hydrogen-bond donors (Lipinski definition) is 2. The number of aryl methyl sites for hydroxylation is 1. The summed E-state index contributed by atoms with van der Waals surface area (Å²) in [5.74, 6) is -0.563. The number of hydrogen-bond acceptors (Lipinski definition) is 3. The van der Waals surface area contributed by atoms with Gasteiger partial charge in [-0.15, -0.1) is 0 Å². The normalized spacial score (nSPS) is 10.3. The van der Waals surface area contributed by atoms with E-state index in [1.807, 2.05) is 31.2 Å². The molecule has 2 rings (SSSR count). The highest BCUT2D eigenvalue weighted by molar-refractivity contribution is 6.59. The molecule has 2 aromatic carbocycles. The van der Waals surface area contributed by atoms with Gasteiger partial charge in [0.25, 0.3) is 0 Å². The average molecular weight is 260 g/mol. The van der Waals surface area contributed by atoms with Gasteiger partial charge in [0.1, 0.15) is 18.2 Å². The quantitative estimate of drug-likeness (QED) is 0.817. The van der Waals surface area contributed by atoms with E-state index in [0.717, 1.165) is 17.2 Å². The van der Waals surface area contributed by atoms with E-state index in [9.17, 15) is 4.39 Å². The molecule has 2 N–H and O–H groups in total. The van der Waals surface area contributed by atoms with Crippen LogP contribution in [0, 0.1) is 12.7 Å². The highest BCUT2D eigenvalue weighted by atomic mass is 19.1. The molecule has 0 fully saturated rings. The number of ether oxygens (including phenoxy) is 1. The predicted molar refractivity (Wildman–Crippen MR) is 71.7 cm³/mol. The summed E-state index contributed by atoms with van der Waals surface area (Å²) in [6.07, 6.45) is 0. The van der Waals surface area contributed by atoms with Crippen LogP contribution < -0.4 is 10.2 Å². The molecule has 0 spiro atoms. The van der Waals surface area contributed by atoms with Crippen molar-refractivity contribution in [2.24, 2.45) is 0 Å². The van der Waals surface area contributed by atoms with Crippen LogP contribution in [-0.2, 0) is 6.61 Å². The van der Waals surface area contributed by atoms with Crippen LogP contribution in [0.3, 0.4) is 0 Å². The molecule has 3 nitrogen and oxygen atoms in total. The van der Waals surface area contributed by atoms with Gasteiger partial charge in [0.05, 0.1) is 5.46 Å². The summed E-state index contributed by atoms with van der Waals surface area (Å²) in [7, 11) is -1.89. The molecule has 0 heterocycles. The Kier molecular flexibility index (Phi) is 4.19. The summed E-state index contributed by atoms with van der Waals surface area (Å²) in [4.78, 5) is 0. The van der Waals surface area contributed by atoms with E-state index < -0.39 is 12.9 Å². The fraction of sp³-hybridized carbons (Fsp3) is 0.143. The van der Waals surface area contributed by atoms with E-state index in [1.54, 1.807) is 0 Å². The summed E-state index contributed by atoms with van der Waals surface area (Å²) in [5, 5.41) is 18.3. The van der Waals surface area contributed by atoms with Gasteiger partial charge in [-0.2, -0.15) is 0 Å². The molecule has 0 radical (unpaired) electrons. The minimum Gasteiger partial charge on any atom is -0.489 e. The molecule has 0 aliphatic rings. The minimum absolute atomic E-state index is 0.135. The van der Waals surface area contributed by atoms with Crippen LogP contribution >= 0.6 is 0 Å². The molecule has 19 heavy (non-hydrogen) atoms. The molecule has 0 unspecified atom stereocenters. The monoisotopic (exact) mass is 260 g/mol. The standard InChI is InChI=1S/C14H14BFO3/c1-10-5-7-11(8-6-10)9-19-13-4-2-3-12(16)14(13)15(17)18/h2-8,17-18H,9H2,1H3. The van der Waals surface area contributed by atoms with Gasteiger partial charge in [0.2, 0.25) is 0 Å². The van der Waals surface area contributed by atoms with Gasteiger partial charge in [-0.3, -0.25) is 0 Å². The van der Waals surface area contributed by atoms with Gasteiger partial charge in [-0.25, -0.2) is 4.39 Å². The van der Waals surface area contributed by atoms with Crippen LogP contribution in [0.1, 0.15) is 11.1 Å². The third-order valence-electron chi connectivity index (χ3n) is 2.79. The second kappa shape index (κ2) is 5.86. The van der Waals surface area contributed by atoms with E-state index >= 15 is 0 Å².